The summed E-state index contributed by atoms with van der Waals surface area (Å²) in [6.45, 7) is 4.15. The third-order valence-electron chi connectivity index (χ3n) is 4.28. The molecule has 1 N–H and O–H groups in total. The van der Waals surface area contributed by atoms with Crippen molar-refractivity contribution < 1.29 is 9.90 Å². The van der Waals surface area contributed by atoms with E-state index in [0.717, 1.165) is 52.0 Å². The Morgan fingerprint density at radius 2 is 2.35 bits per heavy atom. The minimum atomic E-state index is -0.206. The molecule has 2 aliphatic rings. The van der Waals surface area contributed by atoms with Crippen LogP contribution in [0.4, 0.5) is 0 Å². The van der Waals surface area contributed by atoms with Gasteiger partial charge in [-0.1, -0.05) is 0 Å². The number of hydrogen-bond donors (Lipinski definition) is 1. The van der Waals surface area contributed by atoms with Crippen LogP contribution in [0.2, 0.25) is 0 Å². The fourth-order valence-electron chi connectivity index (χ4n) is 3.11. The highest BCUT2D eigenvalue weighted by Crippen LogP contribution is 2.24. The van der Waals surface area contributed by atoms with Gasteiger partial charge in [-0.3, -0.25) is 4.79 Å². The van der Waals surface area contributed by atoms with Crippen molar-refractivity contribution in [2.45, 2.75) is 38.3 Å². The molecule has 20 heavy (non-hydrogen) atoms. The van der Waals surface area contributed by atoms with Gasteiger partial charge in [0.25, 0.3) is 0 Å². The number of piperidine rings is 1. The summed E-state index contributed by atoms with van der Waals surface area (Å²) in [5.74, 6) is 0.252. The van der Waals surface area contributed by atoms with Gasteiger partial charge in [0.15, 0.2) is 0 Å². The van der Waals surface area contributed by atoms with E-state index in [1.165, 1.54) is 10.4 Å². The summed E-state index contributed by atoms with van der Waals surface area (Å²) >= 11 is 1.80. The molecule has 3 heterocycles. The first kappa shape index (κ1) is 14.0. The number of nitrogens with zero attached hydrogens (tertiary/aromatic N) is 2. The van der Waals surface area contributed by atoms with Gasteiger partial charge >= 0.3 is 0 Å². The molecule has 2 aliphatic heterocycles. The Kier molecular flexibility index (Phi) is 4.38. The van der Waals surface area contributed by atoms with Crippen molar-refractivity contribution in [3.8, 4) is 0 Å². The maximum Gasteiger partial charge on any atom is 0.224 e. The highest BCUT2D eigenvalue weighted by atomic mass is 32.1. The van der Waals surface area contributed by atoms with Gasteiger partial charge < -0.3 is 14.9 Å². The van der Waals surface area contributed by atoms with Gasteiger partial charge in [0.2, 0.25) is 5.91 Å². The highest BCUT2D eigenvalue weighted by Gasteiger charge is 2.23. The monoisotopic (exact) mass is 294 g/mol. The number of aliphatic hydroxyl groups excluding tert-OH is 1. The Hall–Kier alpha value is -0.910. The van der Waals surface area contributed by atoms with E-state index in [0.29, 0.717) is 6.42 Å². The Labute approximate surface area is 124 Å². The van der Waals surface area contributed by atoms with E-state index in [-0.39, 0.29) is 12.0 Å². The molecule has 1 atom stereocenters. The lowest BCUT2D eigenvalue weighted by Crippen LogP contribution is -2.41. The molecule has 0 saturated carbocycles. The zero-order valence-corrected chi connectivity index (χ0v) is 12.6. The number of likely N-dealkylation sites (tertiary alicyclic amines) is 1. The zero-order chi connectivity index (χ0) is 13.9. The van der Waals surface area contributed by atoms with E-state index in [1.807, 2.05) is 4.90 Å². The van der Waals surface area contributed by atoms with E-state index in [9.17, 15) is 9.90 Å². The fraction of sp³-hybridized carbons (Fsp3) is 0.667. The summed E-state index contributed by atoms with van der Waals surface area (Å²) in [4.78, 5) is 17.9. The van der Waals surface area contributed by atoms with Crippen molar-refractivity contribution in [3.05, 3.63) is 21.9 Å². The molecule has 0 aliphatic carbocycles. The number of aliphatic hydroxyl groups is 1. The number of β-amino-alcohol motifs (C(OH)–C–C–N with tert-alkyl or cyclic N) is 1. The number of carbonyl (C=O) groups excluding carboxylic acids is 1. The first-order valence-corrected chi connectivity index (χ1v) is 8.34. The fourth-order valence-corrected chi connectivity index (χ4v) is 4.00. The molecule has 1 aromatic rings. The Morgan fingerprint density at radius 1 is 1.45 bits per heavy atom. The van der Waals surface area contributed by atoms with Gasteiger partial charge in [-0.05, 0) is 42.8 Å². The summed E-state index contributed by atoms with van der Waals surface area (Å²) in [5, 5.41) is 11.8. The van der Waals surface area contributed by atoms with Crippen molar-refractivity contribution in [3.63, 3.8) is 0 Å². The summed E-state index contributed by atoms with van der Waals surface area (Å²) < 4.78 is 0. The van der Waals surface area contributed by atoms with E-state index < -0.39 is 0 Å². The minimum absolute atomic E-state index is 0.206. The summed E-state index contributed by atoms with van der Waals surface area (Å²) in [5.41, 5.74) is 1.32. The van der Waals surface area contributed by atoms with Gasteiger partial charge in [0.1, 0.15) is 0 Å². The molecule has 1 saturated heterocycles. The molecule has 0 bridgehead atoms. The van der Waals surface area contributed by atoms with Crippen molar-refractivity contribution in [2.24, 2.45) is 0 Å². The minimum Gasteiger partial charge on any atom is -0.392 e. The number of carbonyl (C=O) groups is 1. The number of thiophene rings is 1. The Balaban J connectivity index is 1.48. The molecule has 5 heteroatoms. The molecule has 110 valence electrons. The van der Waals surface area contributed by atoms with Gasteiger partial charge in [0.05, 0.1) is 6.10 Å². The predicted octanol–water partition coefficient (Wildman–Crippen LogP) is 1.48. The number of fused-ring (bicyclic) bond motifs is 1. The molecule has 0 radical (unpaired) electrons. The lowest BCUT2D eigenvalue weighted by molar-refractivity contribution is -0.132. The first-order valence-electron chi connectivity index (χ1n) is 7.46. The van der Waals surface area contributed by atoms with Gasteiger partial charge in [-0.25, -0.2) is 0 Å². The third kappa shape index (κ3) is 3.22. The van der Waals surface area contributed by atoms with Crippen LogP contribution < -0.4 is 0 Å². The van der Waals surface area contributed by atoms with Crippen LogP contribution >= 0.6 is 11.3 Å². The van der Waals surface area contributed by atoms with Gasteiger partial charge in [-0.2, -0.15) is 0 Å². The Bertz CT molecular complexity index is 474. The van der Waals surface area contributed by atoms with E-state index >= 15 is 0 Å². The molecule has 1 unspecified atom stereocenters. The second kappa shape index (κ2) is 6.24. The van der Waals surface area contributed by atoms with Crippen LogP contribution in [0.15, 0.2) is 11.4 Å². The quantitative estimate of drug-likeness (QED) is 0.918. The van der Waals surface area contributed by atoms with Crippen LogP contribution in [-0.4, -0.2) is 53.1 Å². The average Bonchev–Trinajstić information content (AvgIpc) is 2.92. The first-order chi connectivity index (χ1) is 9.72. The zero-order valence-electron chi connectivity index (χ0n) is 11.8. The van der Waals surface area contributed by atoms with Crippen LogP contribution in [0.25, 0.3) is 0 Å². The molecule has 1 aromatic heterocycles. The van der Waals surface area contributed by atoms with Gasteiger partial charge in [0, 0.05) is 37.5 Å². The van der Waals surface area contributed by atoms with Crippen LogP contribution in [0.5, 0.6) is 0 Å². The molecular weight excluding hydrogens is 272 g/mol. The molecule has 4 nitrogen and oxygen atoms in total. The van der Waals surface area contributed by atoms with Crippen LogP contribution in [0.1, 0.15) is 29.7 Å². The molecule has 1 fully saturated rings. The summed E-state index contributed by atoms with van der Waals surface area (Å²) in [6.07, 6.45) is 3.31. The lowest BCUT2D eigenvalue weighted by Gasteiger charge is -2.31. The third-order valence-corrected chi connectivity index (χ3v) is 5.31. The number of hydrogen-bond acceptors (Lipinski definition) is 4. The van der Waals surface area contributed by atoms with Crippen molar-refractivity contribution in [2.75, 3.05) is 26.2 Å². The van der Waals surface area contributed by atoms with E-state index in [1.54, 1.807) is 11.3 Å². The maximum absolute atomic E-state index is 12.3. The average molecular weight is 294 g/mol. The molecule has 0 aromatic carbocycles. The van der Waals surface area contributed by atoms with Crippen molar-refractivity contribution >= 4 is 17.2 Å². The second-order valence-electron chi connectivity index (χ2n) is 5.78. The normalized spacial score (nSPS) is 23.6. The predicted molar refractivity (Wildman–Crippen MR) is 79.7 cm³/mol. The van der Waals surface area contributed by atoms with Crippen molar-refractivity contribution in [1.82, 2.24) is 9.80 Å². The summed E-state index contributed by atoms with van der Waals surface area (Å²) in [6, 6.07) is 2.14. The van der Waals surface area contributed by atoms with E-state index in [2.05, 4.69) is 16.3 Å². The molecule has 0 spiro atoms. The topological polar surface area (TPSA) is 43.8 Å². The van der Waals surface area contributed by atoms with E-state index in [4.69, 9.17) is 0 Å². The molecule has 3 rings (SSSR count). The SMILES string of the molecule is O=C(CCN1CCCC(O)C1)N1CCc2sccc2C1. The maximum atomic E-state index is 12.3. The number of rotatable bonds is 3. The van der Waals surface area contributed by atoms with Crippen LogP contribution in [0, 0.1) is 0 Å². The highest BCUT2D eigenvalue weighted by molar-refractivity contribution is 7.10. The second-order valence-corrected chi connectivity index (χ2v) is 6.78. The standard InChI is InChI=1S/C15H22N2O2S/c18-13-2-1-6-16(11-13)7-4-15(19)17-8-3-14-12(10-17)5-9-20-14/h5,9,13,18H,1-4,6-8,10-11H2. The van der Waals surface area contributed by atoms with Crippen molar-refractivity contribution in [1.29, 1.82) is 0 Å². The number of amides is 1. The summed E-state index contributed by atoms with van der Waals surface area (Å²) in [7, 11) is 0. The van der Waals surface area contributed by atoms with Crippen LogP contribution in [-0.2, 0) is 17.8 Å². The Morgan fingerprint density at radius 3 is 3.20 bits per heavy atom. The molecule has 1 amide bonds. The largest absolute Gasteiger partial charge is 0.392 e. The van der Waals surface area contributed by atoms with Gasteiger partial charge in [-0.15, -0.1) is 11.3 Å². The lowest BCUT2D eigenvalue weighted by atomic mass is 10.1. The van der Waals surface area contributed by atoms with Crippen LogP contribution in [0.3, 0.4) is 0 Å². The molecular formula is C15H22N2O2S. The smallest absolute Gasteiger partial charge is 0.224 e.